The molecule has 4 heterocycles. The third-order valence-corrected chi connectivity index (χ3v) is 13.3. The zero-order chi connectivity index (χ0) is 46.3. The Kier molecular flexibility index (Phi) is 9.49. The monoisotopic (exact) mass is 998 g/mol. The molecule has 6 aromatic carbocycles. The Balaban J connectivity index is 1.12. The number of phenolic OH excluding ortho intramolecular Hbond substituents is 3. The summed E-state index contributed by atoms with van der Waals surface area (Å²) in [6, 6.07) is 12.4. The van der Waals surface area contributed by atoms with Gasteiger partial charge in [-0.2, -0.15) is 0 Å². The van der Waals surface area contributed by atoms with Crippen molar-refractivity contribution < 1.29 is 72.8 Å². The van der Waals surface area contributed by atoms with Crippen molar-refractivity contribution in [1.29, 1.82) is 0 Å². The van der Waals surface area contributed by atoms with Crippen molar-refractivity contribution >= 4 is 93.5 Å². The Morgan fingerprint density at radius 2 is 1.15 bits per heavy atom. The maximum Gasteiger partial charge on any atom is 0.343 e. The molecule has 2 spiro atoms. The normalized spacial score (nSPS) is 18.0. The number of carbonyl (C=O) groups is 4. The summed E-state index contributed by atoms with van der Waals surface area (Å²) >= 11 is 40.1. The van der Waals surface area contributed by atoms with E-state index in [1.807, 2.05) is 0 Å². The van der Waals surface area contributed by atoms with Gasteiger partial charge in [0.05, 0.1) is 63.2 Å². The molecule has 0 bridgehead atoms. The average Bonchev–Trinajstić information content (AvgIpc) is 3.74. The van der Waals surface area contributed by atoms with Gasteiger partial charge < -0.3 is 53.6 Å². The van der Waals surface area contributed by atoms with E-state index in [1.54, 1.807) is 0 Å². The van der Waals surface area contributed by atoms with E-state index in [0.717, 1.165) is 12.1 Å². The Hall–Kier alpha value is -6.46. The van der Waals surface area contributed by atoms with Crippen molar-refractivity contribution in [1.82, 2.24) is 0 Å². The maximum atomic E-state index is 14.3. The standard InChI is InChI=1S/C44H20Cl6O15/c1-59-25-11-20-36(30(49)33(25)53)62-37-21(43(20)18-8-13(39(54)55)3-4-15(18)41(57)64-43)12-26(60-2)38(31(37)50)63-40(56)14-7-16-27(22(45)9-14)44(65-42(16)58)17-5-6-24(51)28(47)34(17)61-35-19(44)10-23(46)32(52)29(35)48/h3-12,51-53H,1-2H3,(H,54,55). The second-order valence-electron chi connectivity index (χ2n) is 14.6. The molecule has 65 heavy (non-hydrogen) atoms. The highest BCUT2D eigenvalue weighted by molar-refractivity contribution is 6.39. The molecule has 0 saturated carbocycles. The lowest BCUT2D eigenvalue weighted by atomic mass is 9.77. The van der Waals surface area contributed by atoms with Gasteiger partial charge in [0.1, 0.15) is 25.8 Å². The van der Waals surface area contributed by atoms with Gasteiger partial charge in [0.15, 0.2) is 62.9 Å². The van der Waals surface area contributed by atoms with Gasteiger partial charge in [0.2, 0.25) is 0 Å². The molecule has 328 valence electrons. The number of carboxylic acid groups (broad SMARTS) is 1. The highest BCUT2D eigenvalue weighted by Gasteiger charge is 2.58. The molecule has 21 heteroatoms. The first-order valence-electron chi connectivity index (χ1n) is 18.4. The molecule has 0 fully saturated rings. The molecule has 15 nitrogen and oxygen atoms in total. The van der Waals surface area contributed by atoms with Crippen molar-refractivity contribution in [3.63, 3.8) is 0 Å². The zero-order valence-corrected chi connectivity index (χ0v) is 36.9. The van der Waals surface area contributed by atoms with Crippen LogP contribution in [0.25, 0.3) is 0 Å². The minimum atomic E-state index is -2.08. The molecule has 0 amide bonds. The van der Waals surface area contributed by atoms with Crippen LogP contribution in [0.3, 0.4) is 0 Å². The topological polar surface area (TPSA) is 214 Å². The Bertz CT molecular complexity index is 3280. The van der Waals surface area contributed by atoms with Crippen LogP contribution in [0.5, 0.6) is 57.5 Å². The number of fused-ring (bicyclic) bond motifs is 12. The van der Waals surface area contributed by atoms with E-state index in [1.165, 1.54) is 62.8 Å². The zero-order valence-electron chi connectivity index (χ0n) is 32.3. The lowest BCUT2D eigenvalue weighted by Crippen LogP contribution is -2.33. The van der Waals surface area contributed by atoms with Gasteiger partial charge in [0.25, 0.3) is 0 Å². The number of benzene rings is 6. The first-order valence-corrected chi connectivity index (χ1v) is 20.7. The third kappa shape index (κ3) is 5.63. The van der Waals surface area contributed by atoms with Crippen LogP contribution in [0.2, 0.25) is 30.1 Å². The van der Waals surface area contributed by atoms with E-state index >= 15 is 0 Å². The fourth-order valence-corrected chi connectivity index (χ4v) is 10.1. The fourth-order valence-electron chi connectivity index (χ4n) is 8.50. The van der Waals surface area contributed by atoms with E-state index < -0.39 is 68.1 Å². The van der Waals surface area contributed by atoms with E-state index in [0.29, 0.717) is 0 Å². The van der Waals surface area contributed by atoms with Gasteiger partial charge in [-0.05, 0) is 60.7 Å². The number of aromatic hydroxyl groups is 3. The van der Waals surface area contributed by atoms with Crippen LogP contribution in [0.4, 0.5) is 0 Å². The number of aromatic carboxylic acids is 1. The first-order chi connectivity index (χ1) is 30.9. The van der Waals surface area contributed by atoms with Crippen molar-refractivity contribution in [2.45, 2.75) is 11.2 Å². The lowest BCUT2D eigenvalue weighted by molar-refractivity contribution is 0.0213. The Morgan fingerprint density at radius 1 is 0.569 bits per heavy atom. The predicted octanol–water partition coefficient (Wildman–Crippen LogP) is 10.8. The van der Waals surface area contributed by atoms with Crippen molar-refractivity contribution in [2.75, 3.05) is 14.2 Å². The van der Waals surface area contributed by atoms with Crippen LogP contribution < -0.4 is 23.7 Å². The minimum Gasteiger partial charge on any atom is -0.506 e. The number of esters is 3. The number of ether oxygens (including phenoxy) is 7. The van der Waals surface area contributed by atoms with E-state index in [-0.39, 0.29) is 110 Å². The molecule has 2 atom stereocenters. The summed E-state index contributed by atoms with van der Waals surface area (Å²) in [4.78, 5) is 54.1. The summed E-state index contributed by atoms with van der Waals surface area (Å²) in [5, 5.41) is 40.0. The largest absolute Gasteiger partial charge is 0.506 e. The molecular weight excluding hydrogens is 981 g/mol. The van der Waals surface area contributed by atoms with Crippen LogP contribution in [-0.4, -0.2) is 58.5 Å². The van der Waals surface area contributed by atoms with Crippen LogP contribution in [0.1, 0.15) is 74.8 Å². The molecule has 4 aliphatic heterocycles. The van der Waals surface area contributed by atoms with Gasteiger partial charge >= 0.3 is 23.9 Å². The summed E-state index contributed by atoms with van der Waals surface area (Å²) in [7, 11) is 2.46. The van der Waals surface area contributed by atoms with E-state index in [9.17, 15) is 39.6 Å². The number of rotatable bonds is 5. The highest BCUT2D eigenvalue weighted by atomic mass is 35.5. The van der Waals surface area contributed by atoms with Crippen molar-refractivity contribution in [2.24, 2.45) is 0 Å². The number of methoxy groups -OCH3 is 2. The predicted molar refractivity (Wildman–Crippen MR) is 229 cm³/mol. The number of hydrogen-bond acceptors (Lipinski definition) is 14. The van der Waals surface area contributed by atoms with Crippen LogP contribution in [-0.2, 0) is 20.7 Å². The van der Waals surface area contributed by atoms with Crippen LogP contribution >= 0.6 is 69.6 Å². The van der Waals surface area contributed by atoms with Crippen molar-refractivity contribution in [3.8, 4) is 57.5 Å². The van der Waals surface area contributed by atoms with Gasteiger partial charge in [-0.15, -0.1) is 0 Å². The van der Waals surface area contributed by atoms with Crippen molar-refractivity contribution in [3.05, 3.63) is 146 Å². The number of halogens is 6. The van der Waals surface area contributed by atoms with Crippen LogP contribution in [0.15, 0.2) is 60.7 Å². The van der Waals surface area contributed by atoms with E-state index in [2.05, 4.69) is 0 Å². The summed E-state index contributed by atoms with van der Waals surface area (Å²) < 4.78 is 41.3. The Morgan fingerprint density at radius 3 is 1.82 bits per heavy atom. The maximum absolute atomic E-state index is 14.3. The molecule has 4 aliphatic rings. The molecule has 10 rings (SSSR count). The fraction of sp³-hybridized carbons (Fsp3) is 0.0909. The lowest BCUT2D eigenvalue weighted by Gasteiger charge is -2.38. The SMILES string of the molecule is COc1cc2c(c(Cl)c1O)Oc1c(cc(OC)c(OC(=O)c3cc(Cl)c4c(c3)C(=O)OC43c4ccc(O)c(Cl)c4Oc4c3cc(Cl)c(O)c4Cl)c1Cl)C21OC(=O)c2ccc(C(=O)O)cc21. The molecule has 6 aromatic rings. The molecule has 0 saturated heterocycles. The summed E-state index contributed by atoms with van der Waals surface area (Å²) in [6.07, 6.45) is 0. The van der Waals surface area contributed by atoms with Gasteiger partial charge in [-0.3, -0.25) is 0 Å². The quantitative estimate of drug-likeness (QED) is 0.0934. The number of carboxylic acids is 1. The Labute approximate surface area is 393 Å². The van der Waals surface area contributed by atoms with Gasteiger partial charge in [0, 0.05) is 16.7 Å². The molecule has 0 aliphatic carbocycles. The first kappa shape index (κ1) is 42.5. The number of hydrogen-bond donors (Lipinski definition) is 4. The second-order valence-corrected chi connectivity index (χ2v) is 16.9. The minimum absolute atomic E-state index is 0.00483. The molecular formula is C44H20Cl6O15. The third-order valence-electron chi connectivity index (χ3n) is 11.3. The van der Waals surface area contributed by atoms with E-state index in [4.69, 9.17) is 103 Å². The average molecular weight is 1000 g/mol. The summed E-state index contributed by atoms with van der Waals surface area (Å²) in [5.41, 5.74) is -4.89. The molecule has 0 radical (unpaired) electrons. The highest BCUT2D eigenvalue weighted by Crippen LogP contribution is 2.65. The summed E-state index contributed by atoms with van der Waals surface area (Å²) in [5.74, 6) is -7.81. The number of phenols is 3. The second kappa shape index (κ2) is 14.5. The van der Waals surface area contributed by atoms with Gasteiger partial charge in [-0.1, -0.05) is 69.6 Å². The van der Waals surface area contributed by atoms with Crippen LogP contribution in [0, 0.1) is 0 Å². The molecule has 0 aromatic heterocycles. The molecule has 2 unspecified atom stereocenters. The van der Waals surface area contributed by atoms with Gasteiger partial charge in [-0.25, -0.2) is 19.2 Å². The smallest absolute Gasteiger partial charge is 0.343 e. The number of carbonyl (C=O) groups excluding carboxylic acids is 3. The summed E-state index contributed by atoms with van der Waals surface area (Å²) in [6.45, 7) is 0. The molecule has 4 N–H and O–H groups in total.